The van der Waals surface area contributed by atoms with Crippen molar-refractivity contribution in [3.8, 4) is 22.8 Å². The molecule has 2 aliphatic rings. The highest BCUT2D eigenvalue weighted by atomic mass is 16.5. The molecule has 1 fully saturated rings. The predicted octanol–water partition coefficient (Wildman–Crippen LogP) is 3.27. The predicted molar refractivity (Wildman–Crippen MR) is 127 cm³/mol. The average Bonchev–Trinajstić information content (AvgIpc) is 3.09. The minimum Gasteiger partial charge on any atom is -0.504 e. The molecule has 0 saturated carbocycles. The molecule has 0 spiro atoms. The Kier molecular flexibility index (Phi) is 5.46. The second-order valence-electron chi connectivity index (χ2n) is 8.87. The lowest BCUT2D eigenvalue weighted by Crippen LogP contribution is -2.37. The molecule has 2 heterocycles. The molecule has 1 aliphatic carbocycles. The summed E-state index contributed by atoms with van der Waals surface area (Å²) in [7, 11) is 1.47. The summed E-state index contributed by atoms with van der Waals surface area (Å²) in [5.74, 6) is 0.0185. The molecule has 7 nitrogen and oxygen atoms in total. The molecule has 3 aromatic rings. The number of rotatable bonds is 5. The van der Waals surface area contributed by atoms with Crippen LogP contribution in [0, 0.1) is 13.8 Å². The van der Waals surface area contributed by atoms with Crippen molar-refractivity contribution in [1.29, 1.82) is 0 Å². The van der Waals surface area contributed by atoms with Crippen molar-refractivity contribution in [3.05, 3.63) is 56.9 Å². The number of phenolic OH excluding ortho intramolecular Hbond substituents is 1. The van der Waals surface area contributed by atoms with Gasteiger partial charge in [-0.2, -0.15) is 0 Å². The molecule has 1 aromatic heterocycles. The van der Waals surface area contributed by atoms with Gasteiger partial charge in [0.25, 0.3) is 5.56 Å². The molecule has 0 radical (unpaired) electrons. The van der Waals surface area contributed by atoms with E-state index in [0.717, 1.165) is 50.4 Å². The van der Waals surface area contributed by atoms with Gasteiger partial charge in [-0.25, -0.2) is 0 Å². The maximum Gasteiger partial charge on any atom is 0.258 e. The summed E-state index contributed by atoms with van der Waals surface area (Å²) >= 11 is 0. The van der Waals surface area contributed by atoms with Crippen LogP contribution in [0.2, 0.25) is 0 Å². The SMILES string of the molecule is COc1cc2c(cc1O)C(=O)c1c-2n(CCCN2CCOCC2)c(=O)c2cc(C)c(C)cc12. The zero-order chi connectivity index (χ0) is 23.3. The van der Waals surface area contributed by atoms with E-state index in [9.17, 15) is 14.7 Å². The van der Waals surface area contributed by atoms with Crippen LogP contribution in [0.4, 0.5) is 0 Å². The Morgan fingerprint density at radius 1 is 0.970 bits per heavy atom. The van der Waals surface area contributed by atoms with Crippen LogP contribution in [-0.4, -0.2) is 60.3 Å². The van der Waals surface area contributed by atoms with E-state index in [-0.39, 0.29) is 22.8 Å². The minimum absolute atomic E-state index is 0.0880. The van der Waals surface area contributed by atoms with Crippen molar-refractivity contribution in [2.75, 3.05) is 40.0 Å². The van der Waals surface area contributed by atoms with Gasteiger partial charge >= 0.3 is 0 Å². The van der Waals surface area contributed by atoms with Gasteiger partial charge in [0.05, 0.1) is 31.6 Å². The summed E-state index contributed by atoms with van der Waals surface area (Å²) in [5.41, 5.74) is 4.13. The second kappa shape index (κ2) is 8.32. The van der Waals surface area contributed by atoms with E-state index in [1.807, 2.05) is 26.0 Å². The minimum atomic E-state index is -0.173. The monoisotopic (exact) mass is 448 g/mol. The van der Waals surface area contributed by atoms with Crippen LogP contribution in [0.3, 0.4) is 0 Å². The Morgan fingerprint density at radius 2 is 1.67 bits per heavy atom. The molecule has 2 aromatic carbocycles. The first kappa shape index (κ1) is 21.7. The number of carbonyl (C=O) groups is 1. The van der Waals surface area contributed by atoms with E-state index in [0.29, 0.717) is 39.7 Å². The Hall–Kier alpha value is -3.16. The lowest BCUT2D eigenvalue weighted by molar-refractivity contribution is 0.0369. The summed E-state index contributed by atoms with van der Waals surface area (Å²) in [6.45, 7) is 8.55. The standard InChI is InChI=1S/C26H28N2O5/c1-15-11-17-20(12-16(15)2)26(31)28(6-4-5-27-7-9-33-10-8-27)24-18-14-22(32-3)21(29)13-19(18)25(30)23(17)24/h11-14,29H,4-10H2,1-3H3. The Balaban J connectivity index is 1.69. The van der Waals surface area contributed by atoms with E-state index in [2.05, 4.69) is 4.90 Å². The number of carbonyl (C=O) groups excluding carboxylic acids is 1. The van der Waals surface area contributed by atoms with Gasteiger partial charge in [-0.15, -0.1) is 0 Å². The van der Waals surface area contributed by atoms with Crippen molar-refractivity contribution < 1.29 is 19.4 Å². The highest BCUT2D eigenvalue weighted by molar-refractivity contribution is 6.27. The zero-order valence-electron chi connectivity index (χ0n) is 19.2. The van der Waals surface area contributed by atoms with E-state index < -0.39 is 0 Å². The number of ether oxygens (including phenoxy) is 2. The molecule has 7 heteroatoms. The molecular weight excluding hydrogens is 420 g/mol. The van der Waals surface area contributed by atoms with Gasteiger partial charge in [-0.05, 0) is 49.6 Å². The highest BCUT2D eigenvalue weighted by Crippen LogP contribution is 2.44. The van der Waals surface area contributed by atoms with Crippen molar-refractivity contribution in [3.63, 3.8) is 0 Å². The van der Waals surface area contributed by atoms with Crippen molar-refractivity contribution >= 4 is 16.6 Å². The van der Waals surface area contributed by atoms with E-state index in [1.165, 1.54) is 13.2 Å². The number of methoxy groups -OCH3 is 1. The van der Waals surface area contributed by atoms with Crippen LogP contribution < -0.4 is 10.3 Å². The van der Waals surface area contributed by atoms with Gasteiger partial charge in [-0.1, -0.05) is 6.07 Å². The van der Waals surface area contributed by atoms with Crippen LogP contribution in [0.15, 0.2) is 29.1 Å². The lowest BCUT2D eigenvalue weighted by atomic mass is 9.98. The van der Waals surface area contributed by atoms with E-state index in [1.54, 1.807) is 10.6 Å². The average molecular weight is 449 g/mol. The van der Waals surface area contributed by atoms with Gasteiger partial charge < -0.3 is 19.1 Å². The largest absolute Gasteiger partial charge is 0.504 e. The first-order chi connectivity index (χ1) is 15.9. The Morgan fingerprint density at radius 3 is 2.36 bits per heavy atom. The summed E-state index contributed by atoms with van der Waals surface area (Å²) in [6, 6.07) is 6.94. The number of aryl methyl sites for hydroxylation is 2. The number of hydrogen-bond donors (Lipinski definition) is 1. The number of pyridine rings is 1. The number of ketones is 1. The fraction of sp³-hybridized carbons (Fsp3) is 0.385. The van der Waals surface area contributed by atoms with Gasteiger partial charge in [0.15, 0.2) is 17.3 Å². The molecule has 1 saturated heterocycles. The lowest BCUT2D eigenvalue weighted by Gasteiger charge is -2.26. The third-order valence-corrected chi connectivity index (χ3v) is 6.89. The quantitative estimate of drug-likeness (QED) is 0.505. The fourth-order valence-electron chi connectivity index (χ4n) is 4.96. The first-order valence-electron chi connectivity index (χ1n) is 11.3. The van der Waals surface area contributed by atoms with E-state index in [4.69, 9.17) is 9.47 Å². The number of hydrogen-bond acceptors (Lipinski definition) is 6. The zero-order valence-corrected chi connectivity index (χ0v) is 19.2. The molecule has 0 amide bonds. The number of phenols is 1. The molecule has 33 heavy (non-hydrogen) atoms. The number of aromatic hydroxyl groups is 1. The third kappa shape index (κ3) is 3.52. The van der Waals surface area contributed by atoms with E-state index >= 15 is 0 Å². The van der Waals surface area contributed by atoms with Crippen LogP contribution in [0.1, 0.15) is 33.5 Å². The number of benzene rings is 2. The van der Waals surface area contributed by atoms with Crippen LogP contribution in [0.25, 0.3) is 22.0 Å². The normalized spacial score (nSPS) is 15.7. The maximum atomic E-state index is 13.7. The van der Waals surface area contributed by atoms with Crippen molar-refractivity contribution in [1.82, 2.24) is 9.47 Å². The second-order valence-corrected chi connectivity index (χ2v) is 8.87. The van der Waals surface area contributed by atoms with Gasteiger partial charge in [-0.3, -0.25) is 14.5 Å². The summed E-state index contributed by atoms with van der Waals surface area (Å²) in [5, 5.41) is 11.5. The molecule has 172 valence electrons. The Labute approximate surface area is 192 Å². The topological polar surface area (TPSA) is 81.0 Å². The van der Waals surface area contributed by atoms with Crippen molar-refractivity contribution in [2.45, 2.75) is 26.8 Å². The molecule has 0 bridgehead atoms. The number of aromatic nitrogens is 1. The molecular formula is C26H28N2O5. The smallest absolute Gasteiger partial charge is 0.258 e. The molecule has 0 unspecified atom stereocenters. The molecule has 1 N–H and O–H groups in total. The van der Waals surface area contributed by atoms with Crippen LogP contribution in [-0.2, 0) is 11.3 Å². The number of morpholine rings is 1. The molecule has 5 rings (SSSR count). The summed E-state index contributed by atoms with van der Waals surface area (Å²) in [4.78, 5) is 29.6. The van der Waals surface area contributed by atoms with Gasteiger partial charge in [0.2, 0.25) is 0 Å². The van der Waals surface area contributed by atoms with Crippen LogP contribution in [0.5, 0.6) is 11.5 Å². The maximum absolute atomic E-state index is 13.7. The van der Waals surface area contributed by atoms with Gasteiger partial charge in [0, 0.05) is 48.1 Å². The summed E-state index contributed by atoms with van der Waals surface area (Å²) in [6.07, 6.45) is 0.779. The highest BCUT2D eigenvalue weighted by Gasteiger charge is 2.34. The first-order valence-corrected chi connectivity index (χ1v) is 11.3. The molecule has 1 aliphatic heterocycles. The Bertz CT molecular complexity index is 1340. The third-order valence-electron chi connectivity index (χ3n) is 6.89. The van der Waals surface area contributed by atoms with Gasteiger partial charge in [0.1, 0.15) is 0 Å². The fourth-order valence-corrected chi connectivity index (χ4v) is 4.96. The van der Waals surface area contributed by atoms with Crippen molar-refractivity contribution in [2.24, 2.45) is 0 Å². The molecule has 0 atom stereocenters. The van der Waals surface area contributed by atoms with Crippen LogP contribution >= 0.6 is 0 Å². The number of fused-ring (bicyclic) bond motifs is 5. The summed E-state index contributed by atoms with van der Waals surface area (Å²) < 4.78 is 12.5. The number of nitrogens with zero attached hydrogens (tertiary/aromatic N) is 2.